The highest BCUT2D eigenvalue weighted by Gasteiger charge is 2.25. The minimum atomic E-state index is -0.275. The Morgan fingerprint density at radius 2 is 2.04 bits per heavy atom. The maximum Gasteiger partial charge on any atom is 0.261 e. The summed E-state index contributed by atoms with van der Waals surface area (Å²) >= 11 is 1.34. The van der Waals surface area contributed by atoms with Gasteiger partial charge in [-0.1, -0.05) is 36.4 Å². The van der Waals surface area contributed by atoms with E-state index in [4.69, 9.17) is 0 Å². The standard InChI is InChI=1S/C20H19FN2OS/c21-17-7-4-8-18-16(17)11-19(25-18)20(24)22-15-9-10-23(13-15)12-14-5-2-1-3-6-14/h1-8,11,15H,9-10,12-13H2,(H,22,24). The summed E-state index contributed by atoms with van der Waals surface area (Å²) in [5.74, 6) is -0.380. The van der Waals surface area contributed by atoms with Crippen LogP contribution in [0.4, 0.5) is 4.39 Å². The van der Waals surface area contributed by atoms with E-state index in [1.165, 1.54) is 23.0 Å². The normalized spacial score (nSPS) is 17.9. The highest BCUT2D eigenvalue weighted by atomic mass is 32.1. The fourth-order valence-corrected chi connectivity index (χ4v) is 4.31. The number of carbonyl (C=O) groups excluding carboxylic acids is 1. The van der Waals surface area contributed by atoms with E-state index < -0.39 is 0 Å². The molecule has 2 aromatic carbocycles. The van der Waals surface area contributed by atoms with E-state index in [0.29, 0.717) is 10.3 Å². The Hall–Kier alpha value is -2.24. The van der Waals surface area contributed by atoms with E-state index in [1.807, 2.05) is 24.3 Å². The van der Waals surface area contributed by atoms with Gasteiger partial charge in [-0.15, -0.1) is 11.3 Å². The molecule has 3 nitrogen and oxygen atoms in total. The second kappa shape index (κ2) is 6.94. The summed E-state index contributed by atoms with van der Waals surface area (Å²) in [5, 5.41) is 3.62. The third-order valence-electron chi connectivity index (χ3n) is 4.59. The summed E-state index contributed by atoms with van der Waals surface area (Å²) in [7, 11) is 0. The van der Waals surface area contributed by atoms with Crippen LogP contribution < -0.4 is 5.32 Å². The zero-order valence-electron chi connectivity index (χ0n) is 13.7. The van der Waals surface area contributed by atoms with Crippen molar-refractivity contribution < 1.29 is 9.18 Å². The Morgan fingerprint density at radius 3 is 2.84 bits per heavy atom. The second-order valence-corrected chi connectivity index (χ2v) is 7.53. The number of hydrogen-bond acceptors (Lipinski definition) is 3. The van der Waals surface area contributed by atoms with Crippen molar-refractivity contribution in [2.75, 3.05) is 13.1 Å². The number of likely N-dealkylation sites (tertiary alicyclic amines) is 1. The molecule has 4 rings (SSSR count). The lowest BCUT2D eigenvalue weighted by Gasteiger charge is -2.16. The number of thiophene rings is 1. The molecule has 2 heterocycles. The van der Waals surface area contributed by atoms with Crippen LogP contribution in [-0.4, -0.2) is 29.9 Å². The van der Waals surface area contributed by atoms with Crippen LogP contribution in [0.2, 0.25) is 0 Å². The van der Waals surface area contributed by atoms with Crippen molar-refractivity contribution in [1.82, 2.24) is 10.2 Å². The molecule has 128 valence electrons. The molecular weight excluding hydrogens is 335 g/mol. The smallest absolute Gasteiger partial charge is 0.261 e. The molecule has 1 aliphatic rings. The zero-order chi connectivity index (χ0) is 17.2. The molecule has 25 heavy (non-hydrogen) atoms. The molecule has 1 saturated heterocycles. The number of hydrogen-bond donors (Lipinski definition) is 1. The third kappa shape index (κ3) is 3.57. The number of carbonyl (C=O) groups is 1. The molecule has 1 N–H and O–H groups in total. The van der Waals surface area contributed by atoms with Crippen LogP contribution >= 0.6 is 11.3 Å². The van der Waals surface area contributed by atoms with E-state index in [-0.39, 0.29) is 17.8 Å². The minimum absolute atomic E-state index is 0.104. The van der Waals surface area contributed by atoms with Gasteiger partial charge in [0.25, 0.3) is 5.91 Å². The number of benzene rings is 2. The first-order valence-corrected chi connectivity index (χ1v) is 9.26. The maximum absolute atomic E-state index is 13.8. The largest absolute Gasteiger partial charge is 0.347 e. The monoisotopic (exact) mass is 354 g/mol. The molecule has 0 spiro atoms. The fourth-order valence-electron chi connectivity index (χ4n) is 3.33. The second-order valence-electron chi connectivity index (χ2n) is 6.44. The SMILES string of the molecule is O=C(NC1CCN(Cc2ccccc2)C1)c1cc2c(F)cccc2s1. The summed E-state index contributed by atoms with van der Waals surface area (Å²) in [6.45, 7) is 2.72. The van der Waals surface area contributed by atoms with Gasteiger partial charge >= 0.3 is 0 Å². The molecule has 1 unspecified atom stereocenters. The van der Waals surface area contributed by atoms with Crippen molar-refractivity contribution in [3.05, 3.63) is 70.9 Å². The van der Waals surface area contributed by atoms with Crippen LogP contribution in [0.3, 0.4) is 0 Å². The molecular formula is C20H19FN2OS. The van der Waals surface area contributed by atoms with Gasteiger partial charge in [-0.3, -0.25) is 9.69 Å². The van der Waals surface area contributed by atoms with Crippen LogP contribution in [0.15, 0.2) is 54.6 Å². The molecule has 0 radical (unpaired) electrons. The Morgan fingerprint density at radius 1 is 1.20 bits per heavy atom. The van der Waals surface area contributed by atoms with E-state index in [2.05, 4.69) is 22.3 Å². The average molecular weight is 354 g/mol. The molecule has 1 aliphatic heterocycles. The molecule has 0 saturated carbocycles. The van der Waals surface area contributed by atoms with Crippen molar-refractivity contribution in [2.24, 2.45) is 0 Å². The van der Waals surface area contributed by atoms with Gasteiger partial charge in [-0.25, -0.2) is 4.39 Å². The highest BCUT2D eigenvalue weighted by molar-refractivity contribution is 7.20. The lowest BCUT2D eigenvalue weighted by molar-refractivity contribution is 0.0942. The maximum atomic E-state index is 13.8. The number of halogens is 1. The van der Waals surface area contributed by atoms with Gasteiger partial charge in [0, 0.05) is 35.8 Å². The van der Waals surface area contributed by atoms with Gasteiger partial charge < -0.3 is 5.32 Å². The van der Waals surface area contributed by atoms with Crippen LogP contribution in [0.25, 0.3) is 10.1 Å². The summed E-state index contributed by atoms with van der Waals surface area (Å²) in [4.78, 5) is 15.4. The first kappa shape index (κ1) is 16.2. The number of fused-ring (bicyclic) bond motifs is 1. The van der Waals surface area contributed by atoms with E-state index in [1.54, 1.807) is 12.1 Å². The van der Waals surface area contributed by atoms with E-state index in [0.717, 1.165) is 30.8 Å². The molecule has 1 aromatic heterocycles. The Bertz CT molecular complexity index is 893. The Labute approximate surface area is 150 Å². The van der Waals surface area contributed by atoms with Gasteiger partial charge in [-0.05, 0) is 30.2 Å². The average Bonchev–Trinajstić information content (AvgIpc) is 3.23. The Kier molecular flexibility index (Phi) is 4.51. The third-order valence-corrected chi connectivity index (χ3v) is 5.69. The predicted molar refractivity (Wildman–Crippen MR) is 99.4 cm³/mol. The lowest BCUT2D eigenvalue weighted by Crippen LogP contribution is -2.36. The van der Waals surface area contributed by atoms with Crippen molar-refractivity contribution in [3.8, 4) is 0 Å². The van der Waals surface area contributed by atoms with Gasteiger partial charge in [-0.2, -0.15) is 0 Å². The Balaban J connectivity index is 1.38. The predicted octanol–water partition coefficient (Wildman–Crippen LogP) is 4.04. The molecule has 1 amide bonds. The van der Waals surface area contributed by atoms with Gasteiger partial charge in [0.1, 0.15) is 5.82 Å². The van der Waals surface area contributed by atoms with Gasteiger partial charge in [0.2, 0.25) is 0 Å². The van der Waals surface area contributed by atoms with Gasteiger partial charge in [0.15, 0.2) is 0 Å². The summed E-state index contributed by atoms with van der Waals surface area (Å²) in [5.41, 5.74) is 1.29. The molecule has 3 aromatic rings. The van der Waals surface area contributed by atoms with E-state index in [9.17, 15) is 9.18 Å². The van der Waals surface area contributed by atoms with E-state index >= 15 is 0 Å². The topological polar surface area (TPSA) is 32.3 Å². The first-order chi connectivity index (χ1) is 12.2. The quantitative estimate of drug-likeness (QED) is 0.767. The highest BCUT2D eigenvalue weighted by Crippen LogP contribution is 2.27. The lowest BCUT2D eigenvalue weighted by atomic mass is 10.2. The van der Waals surface area contributed by atoms with Crippen molar-refractivity contribution in [2.45, 2.75) is 19.0 Å². The number of amides is 1. The summed E-state index contributed by atoms with van der Waals surface area (Å²) in [6, 6.07) is 17.1. The summed E-state index contributed by atoms with van der Waals surface area (Å²) < 4.78 is 14.6. The molecule has 1 fully saturated rings. The molecule has 1 atom stereocenters. The van der Waals surface area contributed by atoms with Crippen molar-refractivity contribution in [1.29, 1.82) is 0 Å². The number of nitrogens with zero attached hydrogens (tertiary/aromatic N) is 1. The molecule has 0 aliphatic carbocycles. The number of rotatable bonds is 4. The molecule has 5 heteroatoms. The summed E-state index contributed by atoms with van der Waals surface area (Å²) in [6.07, 6.45) is 0.942. The van der Waals surface area contributed by atoms with Crippen LogP contribution in [0.1, 0.15) is 21.7 Å². The first-order valence-electron chi connectivity index (χ1n) is 8.44. The van der Waals surface area contributed by atoms with Crippen molar-refractivity contribution >= 4 is 27.3 Å². The zero-order valence-corrected chi connectivity index (χ0v) is 14.6. The number of nitrogens with one attached hydrogen (secondary N) is 1. The van der Waals surface area contributed by atoms with Crippen LogP contribution in [0, 0.1) is 5.82 Å². The van der Waals surface area contributed by atoms with Crippen molar-refractivity contribution in [3.63, 3.8) is 0 Å². The minimum Gasteiger partial charge on any atom is -0.347 e. The molecule has 0 bridgehead atoms. The van der Waals surface area contributed by atoms with Crippen LogP contribution in [0.5, 0.6) is 0 Å². The van der Waals surface area contributed by atoms with Gasteiger partial charge in [0.05, 0.1) is 4.88 Å². The van der Waals surface area contributed by atoms with Crippen LogP contribution in [-0.2, 0) is 6.54 Å². The fraction of sp³-hybridized carbons (Fsp3) is 0.250.